The third-order valence-corrected chi connectivity index (χ3v) is 3.93. The summed E-state index contributed by atoms with van der Waals surface area (Å²) in [6.45, 7) is 0. The number of carbonyl (C=O) groups excluding carboxylic acids is 1. The highest BCUT2D eigenvalue weighted by atomic mass is 19.1. The van der Waals surface area contributed by atoms with Crippen LogP contribution in [0.3, 0.4) is 0 Å². The van der Waals surface area contributed by atoms with Gasteiger partial charge in [-0.15, -0.1) is 10.2 Å². The molecule has 0 saturated carbocycles. The fourth-order valence-corrected chi connectivity index (χ4v) is 2.62. The summed E-state index contributed by atoms with van der Waals surface area (Å²) in [7, 11) is 0. The van der Waals surface area contributed by atoms with Crippen LogP contribution in [0.5, 0.6) is 0 Å². The van der Waals surface area contributed by atoms with Crippen LogP contribution < -0.4 is 5.32 Å². The Labute approximate surface area is 158 Å². The van der Waals surface area contributed by atoms with Crippen LogP contribution in [0, 0.1) is 17.1 Å². The van der Waals surface area contributed by atoms with E-state index in [0.29, 0.717) is 11.3 Å². The Kier molecular flexibility index (Phi) is 4.40. The molecule has 0 unspecified atom stereocenters. The lowest BCUT2D eigenvalue weighted by Crippen LogP contribution is -2.14. The van der Waals surface area contributed by atoms with E-state index in [9.17, 15) is 14.4 Å². The highest BCUT2D eigenvalue weighted by Gasteiger charge is 2.19. The maximum Gasteiger partial charge on any atom is 0.283 e. The molecule has 0 spiro atoms. The average molecular weight is 374 g/mol. The van der Waals surface area contributed by atoms with Crippen molar-refractivity contribution in [1.29, 1.82) is 5.26 Å². The van der Waals surface area contributed by atoms with Gasteiger partial charge in [-0.1, -0.05) is 18.2 Å². The molecule has 8 heteroatoms. The molecule has 0 fully saturated rings. The number of rotatable bonds is 4. The molecule has 2 heterocycles. The summed E-state index contributed by atoms with van der Waals surface area (Å²) in [4.78, 5) is 12.4. The van der Waals surface area contributed by atoms with Crippen LogP contribution in [0.1, 0.15) is 15.9 Å². The van der Waals surface area contributed by atoms with E-state index in [4.69, 9.17) is 8.83 Å². The standard InChI is InChI=1S/C20H11FN4O3/c21-15-7-2-1-5-13(15)18(26)23-16-8-3-6-12(14(16)11-22)19-24-25-20(28-19)17-9-4-10-27-17/h1-10H,(H,23,26). The smallest absolute Gasteiger partial charge is 0.283 e. The predicted molar refractivity (Wildman–Crippen MR) is 96.5 cm³/mol. The van der Waals surface area contributed by atoms with Gasteiger partial charge in [0.1, 0.15) is 11.9 Å². The monoisotopic (exact) mass is 374 g/mol. The molecule has 1 N–H and O–H groups in total. The summed E-state index contributed by atoms with van der Waals surface area (Å²) in [6, 6.07) is 15.7. The Morgan fingerprint density at radius 3 is 2.61 bits per heavy atom. The Morgan fingerprint density at radius 2 is 1.86 bits per heavy atom. The van der Waals surface area contributed by atoms with Gasteiger partial charge >= 0.3 is 0 Å². The first kappa shape index (κ1) is 17.2. The largest absolute Gasteiger partial charge is 0.459 e. The van der Waals surface area contributed by atoms with Crippen molar-refractivity contribution >= 4 is 11.6 Å². The third-order valence-electron chi connectivity index (χ3n) is 3.93. The molecule has 1 amide bonds. The summed E-state index contributed by atoms with van der Waals surface area (Å²) in [5.41, 5.74) is 0.515. The van der Waals surface area contributed by atoms with Gasteiger partial charge in [-0.05, 0) is 36.4 Å². The van der Waals surface area contributed by atoms with E-state index in [0.717, 1.165) is 0 Å². The topological polar surface area (TPSA) is 105 Å². The van der Waals surface area contributed by atoms with Crippen molar-refractivity contribution in [2.24, 2.45) is 0 Å². The van der Waals surface area contributed by atoms with Crippen LogP contribution in [0.4, 0.5) is 10.1 Å². The van der Waals surface area contributed by atoms with Gasteiger partial charge in [0.15, 0.2) is 5.76 Å². The number of halogens is 1. The second-order valence-electron chi connectivity index (χ2n) is 5.66. The van der Waals surface area contributed by atoms with Crippen LogP contribution >= 0.6 is 0 Å². The van der Waals surface area contributed by atoms with Gasteiger partial charge in [0.05, 0.1) is 28.6 Å². The number of nitrogens with zero attached hydrogens (tertiary/aromatic N) is 3. The van der Waals surface area contributed by atoms with Crippen LogP contribution in [-0.4, -0.2) is 16.1 Å². The van der Waals surface area contributed by atoms with Gasteiger partial charge < -0.3 is 14.2 Å². The normalized spacial score (nSPS) is 10.4. The van der Waals surface area contributed by atoms with Crippen molar-refractivity contribution in [1.82, 2.24) is 10.2 Å². The first-order valence-corrected chi connectivity index (χ1v) is 8.14. The van der Waals surface area contributed by atoms with E-state index >= 15 is 0 Å². The molecule has 7 nitrogen and oxygen atoms in total. The lowest BCUT2D eigenvalue weighted by Gasteiger charge is -2.09. The number of hydrogen-bond acceptors (Lipinski definition) is 6. The van der Waals surface area contributed by atoms with E-state index in [1.807, 2.05) is 6.07 Å². The van der Waals surface area contributed by atoms with Crippen molar-refractivity contribution in [3.8, 4) is 29.2 Å². The van der Waals surface area contributed by atoms with Gasteiger partial charge in [0.25, 0.3) is 11.8 Å². The quantitative estimate of drug-likeness (QED) is 0.572. The molecule has 0 aliphatic carbocycles. The van der Waals surface area contributed by atoms with Crippen molar-refractivity contribution in [2.75, 3.05) is 5.32 Å². The Bertz CT molecular complexity index is 1190. The lowest BCUT2D eigenvalue weighted by atomic mass is 10.1. The Balaban J connectivity index is 1.69. The minimum Gasteiger partial charge on any atom is -0.459 e. The Hall–Kier alpha value is -4.25. The molecular weight excluding hydrogens is 363 g/mol. The van der Waals surface area contributed by atoms with E-state index in [1.165, 1.54) is 30.5 Å². The van der Waals surface area contributed by atoms with Crippen molar-refractivity contribution in [2.45, 2.75) is 0 Å². The number of nitrogens with one attached hydrogen (secondary N) is 1. The number of carbonyl (C=O) groups is 1. The molecule has 0 radical (unpaired) electrons. The first-order chi connectivity index (χ1) is 13.7. The molecule has 0 bridgehead atoms. The van der Waals surface area contributed by atoms with E-state index < -0.39 is 11.7 Å². The fourth-order valence-electron chi connectivity index (χ4n) is 2.62. The van der Waals surface area contributed by atoms with Crippen LogP contribution in [0.25, 0.3) is 23.1 Å². The second kappa shape index (κ2) is 7.17. The predicted octanol–water partition coefficient (Wildman–Crippen LogP) is 4.26. The van der Waals surface area contributed by atoms with Crippen molar-refractivity contribution in [3.05, 3.63) is 77.8 Å². The number of furan rings is 1. The number of aromatic nitrogens is 2. The number of benzene rings is 2. The number of anilines is 1. The van der Waals surface area contributed by atoms with Gasteiger partial charge in [0, 0.05) is 0 Å². The van der Waals surface area contributed by atoms with Gasteiger partial charge in [0.2, 0.25) is 5.89 Å². The molecule has 4 aromatic rings. The van der Waals surface area contributed by atoms with Crippen LogP contribution in [0.2, 0.25) is 0 Å². The SMILES string of the molecule is N#Cc1c(NC(=O)c2ccccc2F)cccc1-c1nnc(-c2ccco2)o1. The number of hydrogen-bond donors (Lipinski definition) is 1. The molecule has 0 atom stereocenters. The summed E-state index contributed by atoms with van der Waals surface area (Å²) in [5, 5.41) is 20.0. The summed E-state index contributed by atoms with van der Waals surface area (Å²) < 4.78 is 24.6. The minimum atomic E-state index is -0.673. The van der Waals surface area contributed by atoms with E-state index in [2.05, 4.69) is 15.5 Å². The summed E-state index contributed by atoms with van der Waals surface area (Å²) >= 11 is 0. The zero-order chi connectivity index (χ0) is 19.5. The fraction of sp³-hybridized carbons (Fsp3) is 0. The number of amides is 1. The molecule has 28 heavy (non-hydrogen) atoms. The molecule has 4 rings (SSSR count). The Morgan fingerprint density at radius 1 is 1.04 bits per heavy atom. The van der Waals surface area contributed by atoms with E-state index in [1.54, 1.807) is 30.3 Å². The zero-order valence-electron chi connectivity index (χ0n) is 14.2. The second-order valence-corrected chi connectivity index (χ2v) is 5.66. The minimum absolute atomic E-state index is 0.0879. The van der Waals surface area contributed by atoms with Crippen molar-refractivity contribution in [3.63, 3.8) is 0 Å². The van der Waals surface area contributed by atoms with Gasteiger partial charge in [-0.2, -0.15) is 5.26 Å². The lowest BCUT2D eigenvalue weighted by molar-refractivity contribution is 0.102. The number of nitriles is 1. The summed E-state index contributed by atoms with van der Waals surface area (Å²) in [5.74, 6) is -0.695. The molecule has 2 aromatic carbocycles. The average Bonchev–Trinajstić information content (AvgIpc) is 3.40. The van der Waals surface area contributed by atoms with Crippen LogP contribution in [0.15, 0.2) is 69.7 Å². The summed E-state index contributed by atoms with van der Waals surface area (Å²) in [6.07, 6.45) is 1.47. The van der Waals surface area contributed by atoms with Gasteiger partial charge in [-0.3, -0.25) is 4.79 Å². The molecule has 0 saturated heterocycles. The van der Waals surface area contributed by atoms with Gasteiger partial charge in [-0.25, -0.2) is 4.39 Å². The maximum absolute atomic E-state index is 13.8. The molecule has 0 aliphatic heterocycles. The third kappa shape index (κ3) is 3.12. The molecule has 2 aromatic heterocycles. The molecular formula is C20H11FN4O3. The molecule has 136 valence electrons. The van der Waals surface area contributed by atoms with Crippen molar-refractivity contribution < 1.29 is 18.0 Å². The first-order valence-electron chi connectivity index (χ1n) is 8.14. The maximum atomic E-state index is 13.8. The van der Waals surface area contributed by atoms with Crippen LogP contribution in [-0.2, 0) is 0 Å². The zero-order valence-corrected chi connectivity index (χ0v) is 14.2. The highest BCUT2D eigenvalue weighted by molar-refractivity contribution is 6.05. The molecule has 0 aliphatic rings. The van der Waals surface area contributed by atoms with E-state index in [-0.39, 0.29) is 28.6 Å². The highest BCUT2D eigenvalue weighted by Crippen LogP contribution is 2.30.